The van der Waals surface area contributed by atoms with Crippen molar-refractivity contribution in [1.82, 2.24) is 0 Å². The first-order chi connectivity index (χ1) is 8.65. The van der Waals surface area contributed by atoms with Crippen LogP contribution in [0.4, 0.5) is 0 Å². The summed E-state index contributed by atoms with van der Waals surface area (Å²) in [5.74, 6) is 1.83. The molecule has 1 heteroatoms. The number of fused-ring (bicyclic) bond motifs is 1. The van der Waals surface area contributed by atoms with Crippen molar-refractivity contribution in [2.24, 2.45) is 17.8 Å². The van der Waals surface area contributed by atoms with Crippen LogP contribution in [0.5, 0.6) is 0 Å². The zero-order valence-corrected chi connectivity index (χ0v) is 11.5. The second-order valence-corrected chi connectivity index (χ2v) is 6.40. The van der Waals surface area contributed by atoms with Gasteiger partial charge in [0, 0.05) is 5.92 Å². The third kappa shape index (κ3) is 2.09. The van der Waals surface area contributed by atoms with Gasteiger partial charge < -0.3 is 5.11 Å². The van der Waals surface area contributed by atoms with Crippen molar-refractivity contribution in [3.63, 3.8) is 0 Å². The zero-order chi connectivity index (χ0) is 12.7. The van der Waals surface area contributed by atoms with Gasteiger partial charge in [-0.15, -0.1) is 0 Å². The van der Waals surface area contributed by atoms with Crippen LogP contribution in [-0.2, 0) is 0 Å². The van der Waals surface area contributed by atoms with E-state index >= 15 is 0 Å². The highest BCUT2D eigenvalue weighted by molar-refractivity contribution is 5.35. The Balaban J connectivity index is 1.79. The molecule has 0 heterocycles. The van der Waals surface area contributed by atoms with Crippen molar-refractivity contribution >= 4 is 0 Å². The van der Waals surface area contributed by atoms with Crippen molar-refractivity contribution in [1.29, 1.82) is 0 Å². The number of aliphatic hydroxyl groups excluding tert-OH is 1. The van der Waals surface area contributed by atoms with Crippen molar-refractivity contribution in [3.05, 3.63) is 34.9 Å². The molecule has 3 aliphatic carbocycles. The van der Waals surface area contributed by atoms with E-state index in [0.29, 0.717) is 5.92 Å². The molecule has 0 amide bonds. The molecule has 0 saturated heterocycles. The summed E-state index contributed by atoms with van der Waals surface area (Å²) in [7, 11) is 0. The van der Waals surface area contributed by atoms with E-state index in [4.69, 9.17) is 0 Å². The molecule has 1 fully saturated rings. The zero-order valence-electron chi connectivity index (χ0n) is 11.5. The van der Waals surface area contributed by atoms with E-state index in [1.807, 2.05) is 0 Å². The lowest BCUT2D eigenvalue weighted by molar-refractivity contribution is 0.169. The Morgan fingerprint density at radius 1 is 1.28 bits per heavy atom. The Morgan fingerprint density at radius 3 is 2.89 bits per heavy atom. The van der Waals surface area contributed by atoms with Crippen molar-refractivity contribution in [2.45, 2.75) is 52.1 Å². The predicted octanol–water partition coefficient (Wildman–Crippen LogP) is 4.01. The molecule has 18 heavy (non-hydrogen) atoms. The summed E-state index contributed by atoms with van der Waals surface area (Å²) in [6.07, 6.45) is 13.5. The van der Waals surface area contributed by atoms with Crippen LogP contribution in [0.2, 0.25) is 0 Å². The first-order valence-corrected chi connectivity index (χ1v) is 7.42. The fourth-order valence-electron chi connectivity index (χ4n) is 3.95. The van der Waals surface area contributed by atoms with Gasteiger partial charge in [0.05, 0.1) is 6.10 Å². The number of hydrogen-bond acceptors (Lipinski definition) is 1. The van der Waals surface area contributed by atoms with Crippen LogP contribution in [0.1, 0.15) is 46.0 Å². The van der Waals surface area contributed by atoms with Crippen molar-refractivity contribution in [2.75, 3.05) is 0 Å². The molecule has 4 atom stereocenters. The summed E-state index contributed by atoms with van der Waals surface area (Å²) in [5, 5.41) is 9.99. The molecule has 1 saturated carbocycles. The molecule has 0 aromatic heterocycles. The van der Waals surface area contributed by atoms with Gasteiger partial charge in [0.25, 0.3) is 0 Å². The van der Waals surface area contributed by atoms with Gasteiger partial charge in [-0.1, -0.05) is 30.7 Å². The molecule has 98 valence electrons. The second-order valence-electron chi connectivity index (χ2n) is 6.40. The van der Waals surface area contributed by atoms with Crippen LogP contribution in [0.3, 0.4) is 0 Å². The Bertz CT molecular complexity index is 427. The molecule has 0 aromatic rings. The van der Waals surface area contributed by atoms with E-state index in [-0.39, 0.29) is 12.0 Å². The van der Waals surface area contributed by atoms with Gasteiger partial charge in [-0.05, 0) is 62.0 Å². The standard InChI is InChI=1S/C17H24O/c1-11-8-16(9-12(2)17(11)18)15-7-6-13-4-3-5-14(13)10-15/h6,8-9,11,14-15,17-18H,3-5,7,10H2,1-2H3. The van der Waals surface area contributed by atoms with Crippen LogP contribution in [-0.4, -0.2) is 11.2 Å². The Kier molecular flexibility index (Phi) is 3.19. The lowest BCUT2D eigenvalue weighted by Crippen LogP contribution is -2.23. The minimum Gasteiger partial charge on any atom is -0.388 e. The third-order valence-electron chi connectivity index (χ3n) is 5.06. The van der Waals surface area contributed by atoms with Crippen LogP contribution in [0, 0.1) is 17.8 Å². The summed E-state index contributed by atoms with van der Waals surface area (Å²) in [6.45, 7) is 4.19. The fraction of sp³-hybridized carbons (Fsp3) is 0.647. The van der Waals surface area contributed by atoms with E-state index in [9.17, 15) is 5.11 Å². The predicted molar refractivity (Wildman–Crippen MR) is 75.2 cm³/mol. The molecule has 0 aliphatic heterocycles. The largest absolute Gasteiger partial charge is 0.388 e. The van der Waals surface area contributed by atoms with E-state index in [1.54, 1.807) is 5.57 Å². The third-order valence-corrected chi connectivity index (χ3v) is 5.06. The molecule has 1 N–H and O–H groups in total. The number of rotatable bonds is 1. The number of allylic oxidation sites excluding steroid dienone is 4. The molecule has 0 radical (unpaired) electrons. The molecule has 0 bridgehead atoms. The molecule has 3 rings (SSSR count). The summed E-state index contributed by atoms with van der Waals surface area (Å²) in [6, 6.07) is 0. The average molecular weight is 244 g/mol. The summed E-state index contributed by atoms with van der Waals surface area (Å²) >= 11 is 0. The molecule has 1 nitrogen and oxygen atoms in total. The van der Waals surface area contributed by atoms with Crippen LogP contribution >= 0.6 is 0 Å². The topological polar surface area (TPSA) is 20.2 Å². The Labute approximate surface area is 110 Å². The monoisotopic (exact) mass is 244 g/mol. The molecule has 0 spiro atoms. The van der Waals surface area contributed by atoms with E-state index < -0.39 is 0 Å². The Morgan fingerprint density at radius 2 is 2.11 bits per heavy atom. The summed E-state index contributed by atoms with van der Waals surface area (Å²) in [4.78, 5) is 0. The van der Waals surface area contributed by atoms with Gasteiger partial charge in [-0.2, -0.15) is 0 Å². The van der Waals surface area contributed by atoms with Gasteiger partial charge in [0.2, 0.25) is 0 Å². The van der Waals surface area contributed by atoms with Gasteiger partial charge in [-0.25, -0.2) is 0 Å². The van der Waals surface area contributed by atoms with Crippen LogP contribution in [0.15, 0.2) is 34.9 Å². The molecule has 4 unspecified atom stereocenters. The van der Waals surface area contributed by atoms with E-state index in [2.05, 4.69) is 32.1 Å². The minimum atomic E-state index is -0.269. The summed E-state index contributed by atoms with van der Waals surface area (Å²) in [5.41, 5.74) is 4.35. The van der Waals surface area contributed by atoms with Gasteiger partial charge in [-0.3, -0.25) is 0 Å². The first-order valence-electron chi connectivity index (χ1n) is 7.42. The molecule has 3 aliphatic rings. The lowest BCUT2D eigenvalue weighted by atomic mass is 9.75. The number of aliphatic hydroxyl groups is 1. The highest BCUT2D eigenvalue weighted by atomic mass is 16.3. The average Bonchev–Trinajstić information content (AvgIpc) is 2.82. The smallest absolute Gasteiger partial charge is 0.0810 e. The van der Waals surface area contributed by atoms with Crippen molar-refractivity contribution in [3.8, 4) is 0 Å². The normalized spacial score (nSPS) is 39.8. The van der Waals surface area contributed by atoms with E-state index in [0.717, 1.165) is 11.5 Å². The number of hydrogen-bond donors (Lipinski definition) is 1. The lowest BCUT2D eigenvalue weighted by Gasteiger charge is -2.31. The highest BCUT2D eigenvalue weighted by Gasteiger charge is 2.30. The van der Waals surface area contributed by atoms with Crippen LogP contribution in [0.25, 0.3) is 0 Å². The van der Waals surface area contributed by atoms with Gasteiger partial charge in [0.15, 0.2) is 0 Å². The first kappa shape index (κ1) is 12.2. The van der Waals surface area contributed by atoms with Gasteiger partial charge >= 0.3 is 0 Å². The fourth-order valence-corrected chi connectivity index (χ4v) is 3.95. The highest BCUT2D eigenvalue weighted by Crippen LogP contribution is 2.43. The maximum atomic E-state index is 9.99. The maximum absolute atomic E-state index is 9.99. The Hall–Kier alpha value is -0.820. The van der Waals surface area contributed by atoms with E-state index in [1.165, 1.54) is 37.7 Å². The quantitative estimate of drug-likeness (QED) is 0.691. The van der Waals surface area contributed by atoms with Gasteiger partial charge in [0.1, 0.15) is 0 Å². The summed E-state index contributed by atoms with van der Waals surface area (Å²) < 4.78 is 0. The van der Waals surface area contributed by atoms with Crippen LogP contribution < -0.4 is 0 Å². The molecular formula is C17H24O. The second kappa shape index (κ2) is 4.70. The molecule has 0 aromatic carbocycles. The molecular weight excluding hydrogens is 220 g/mol. The maximum Gasteiger partial charge on any atom is 0.0810 e. The SMILES string of the molecule is CC1=CC(C2CC=C3CCCC3C2)=CC(C)C1O. The van der Waals surface area contributed by atoms with Crippen molar-refractivity contribution < 1.29 is 5.11 Å². The minimum absolute atomic E-state index is 0.269.